The zero-order valence-electron chi connectivity index (χ0n) is 18.4. The Labute approximate surface area is 188 Å². The van der Waals surface area contributed by atoms with E-state index in [1.807, 2.05) is 92.8 Å². The van der Waals surface area contributed by atoms with Gasteiger partial charge in [-0.25, -0.2) is 0 Å². The number of nitrogens with zero attached hydrogens (tertiary/aromatic N) is 1. The number of para-hydroxylation sites is 1. The molecule has 0 aliphatic heterocycles. The van der Waals surface area contributed by atoms with Crippen molar-refractivity contribution in [2.45, 2.75) is 30.8 Å². The molecule has 1 aromatic heterocycles. The quantitative estimate of drug-likeness (QED) is 0.475. The number of fused-ring (bicyclic) bond motifs is 3. The van der Waals surface area contributed by atoms with Crippen LogP contribution in [0.25, 0.3) is 10.9 Å². The van der Waals surface area contributed by atoms with E-state index in [1.54, 1.807) is 0 Å². The van der Waals surface area contributed by atoms with Crippen molar-refractivity contribution in [1.29, 1.82) is 0 Å². The Balaban J connectivity index is 1.98. The van der Waals surface area contributed by atoms with Gasteiger partial charge in [-0.1, -0.05) is 78.9 Å². The summed E-state index contributed by atoms with van der Waals surface area (Å²) in [5, 5.41) is 13.6. The zero-order valence-corrected chi connectivity index (χ0v) is 18.4. The topological polar surface area (TPSA) is 51.5 Å². The summed E-state index contributed by atoms with van der Waals surface area (Å²) in [6.45, 7) is 2.05. The van der Waals surface area contributed by atoms with Crippen molar-refractivity contribution >= 4 is 16.9 Å². The molecule has 0 saturated heterocycles. The molecular weight excluding hydrogens is 398 g/mol. The molecule has 2 atom stereocenters. The van der Waals surface area contributed by atoms with Gasteiger partial charge in [0, 0.05) is 29.2 Å². The first-order chi connectivity index (χ1) is 15.6. The number of hydrogen-bond acceptors (Lipinski definition) is 3. The second-order valence-electron chi connectivity index (χ2n) is 8.46. The highest BCUT2D eigenvalue weighted by Crippen LogP contribution is 2.57. The molecule has 1 aliphatic carbocycles. The van der Waals surface area contributed by atoms with Crippen molar-refractivity contribution < 1.29 is 14.6 Å². The third kappa shape index (κ3) is 2.63. The first kappa shape index (κ1) is 20.5. The van der Waals surface area contributed by atoms with E-state index in [4.69, 9.17) is 4.74 Å². The maximum atomic E-state index is 14.1. The van der Waals surface area contributed by atoms with Crippen LogP contribution in [0.4, 0.5) is 0 Å². The van der Waals surface area contributed by atoms with Crippen LogP contribution >= 0.6 is 0 Å². The number of hydrogen-bond donors (Lipinski definition) is 1. The molecule has 0 fully saturated rings. The molecule has 0 saturated carbocycles. The molecule has 162 valence electrons. The molecule has 0 amide bonds. The Bertz CT molecular complexity index is 1280. The summed E-state index contributed by atoms with van der Waals surface area (Å²) in [6.07, 6.45) is 1.06. The molecular formula is C28H27NO3. The maximum absolute atomic E-state index is 14.1. The van der Waals surface area contributed by atoms with Crippen molar-refractivity contribution in [3.63, 3.8) is 0 Å². The number of aliphatic hydroxyl groups is 1. The molecule has 4 heteroatoms. The Hall–Kier alpha value is -3.37. The molecule has 2 unspecified atom stereocenters. The van der Waals surface area contributed by atoms with E-state index < -0.39 is 17.0 Å². The van der Waals surface area contributed by atoms with Gasteiger partial charge >= 0.3 is 5.97 Å². The fourth-order valence-corrected chi connectivity index (χ4v) is 5.62. The summed E-state index contributed by atoms with van der Waals surface area (Å²) in [5.41, 5.74) is 1.53. The van der Waals surface area contributed by atoms with Gasteiger partial charge in [0.2, 0.25) is 0 Å². The van der Waals surface area contributed by atoms with Crippen LogP contribution in [0.5, 0.6) is 0 Å². The van der Waals surface area contributed by atoms with Gasteiger partial charge in [-0.05, 0) is 37.0 Å². The van der Waals surface area contributed by atoms with Gasteiger partial charge in [0.05, 0.1) is 6.61 Å². The highest BCUT2D eigenvalue weighted by atomic mass is 16.5. The molecule has 1 aliphatic rings. The normalized spacial score (nSPS) is 22.5. The largest absolute Gasteiger partial charge is 0.465 e. The molecule has 0 bridgehead atoms. The molecule has 4 nitrogen and oxygen atoms in total. The van der Waals surface area contributed by atoms with E-state index in [0.717, 1.165) is 33.3 Å². The van der Waals surface area contributed by atoms with Gasteiger partial charge < -0.3 is 14.4 Å². The first-order valence-corrected chi connectivity index (χ1v) is 11.1. The summed E-state index contributed by atoms with van der Waals surface area (Å²) in [7, 11) is 2.04. The van der Waals surface area contributed by atoms with Crippen molar-refractivity contribution in [1.82, 2.24) is 4.57 Å². The number of esters is 1. The monoisotopic (exact) mass is 425 g/mol. The molecule has 4 aromatic rings. The van der Waals surface area contributed by atoms with Crippen LogP contribution in [-0.4, -0.2) is 22.2 Å². The fourth-order valence-electron chi connectivity index (χ4n) is 5.62. The van der Waals surface area contributed by atoms with Crippen molar-refractivity contribution in [2.75, 3.05) is 6.61 Å². The van der Waals surface area contributed by atoms with Gasteiger partial charge in [0.1, 0.15) is 5.60 Å². The number of rotatable bonds is 4. The minimum atomic E-state index is -1.47. The molecule has 3 aromatic carbocycles. The molecule has 0 spiro atoms. The van der Waals surface area contributed by atoms with Crippen molar-refractivity contribution in [3.8, 4) is 0 Å². The van der Waals surface area contributed by atoms with Crippen molar-refractivity contribution in [3.05, 3.63) is 107 Å². The Morgan fingerprint density at radius 2 is 1.53 bits per heavy atom. The highest BCUT2D eigenvalue weighted by molar-refractivity contribution is 5.99. The van der Waals surface area contributed by atoms with Gasteiger partial charge in [0.25, 0.3) is 0 Å². The smallest absolute Gasteiger partial charge is 0.324 e. The van der Waals surface area contributed by atoms with Gasteiger partial charge in [-0.3, -0.25) is 4.79 Å². The second kappa shape index (κ2) is 7.64. The summed E-state index contributed by atoms with van der Waals surface area (Å²) in [5.74, 6) is -0.421. The summed E-state index contributed by atoms with van der Waals surface area (Å²) >= 11 is 0. The lowest BCUT2D eigenvalue weighted by Gasteiger charge is -2.49. The average Bonchev–Trinajstić information content (AvgIpc) is 3.13. The van der Waals surface area contributed by atoms with Crippen LogP contribution in [0.3, 0.4) is 0 Å². The van der Waals surface area contributed by atoms with Gasteiger partial charge in [0.15, 0.2) is 5.41 Å². The Kier molecular flexibility index (Phi) is 4.90. The average molecular weight is 426 g/mol. The summed E-state index contributed by atoms with van der Waals surface area (Å²) in [6, 6.07) is 27.3. The predicted octanol–water partition coefficient (Wildman–Crippen LogP) is 4.86. The van der Waals surface area contributed by atoms with Crippen LogP contribution in [0.2, 0.25) is 0 Å². The minimum absolute atomic E-state index is 0.235. The van der Waals surface area contributed by atoms with E-state index in [-0.39, 0.29) is 6.61 Å². The number of carbonyl (C=O) groups is 1. The minimum Gasteiger partial charge on any atom is -0.465 e. The summed E-state index contributed by atoms with van der Waals surface area (Å²) < 4.78 is 7.92. The van der Waals surface area contributed by atoms with Gasteiger partial charge in [-0.2, -0.15) is 0 Å². The Morgan fingerprint density at radius 3 is 2.19 bits per heavy atom. The molecule has 32 heavy (non-hydrogen) atoms. The van der Waals surface area contributed by atoms with E-state index in [2.05, 4.69) is 10.6 Å². The third-order valence-corrected chi connectivity index (χ3v) is 6.99. The van der Waals surface area contributed by atoms with E-state index in [1.165, 1.54) is 0 Å². The van der Waals surface area contributed by atoms with Crippen LogP contribution in [-0.2, 0) is 34.0 Å². The Morgan fingerprint density at radius 1 is 0.938 bits per heavy atom. The molecule has 1 heterocycles. The summed E-state index contributed by atoms with van der Waals surface area (Å²) in [4.78, 5) is 14.1. The molecule has 5 rings (SSSR count). The first-order valence-electron chi connectivity index (χ1n) is 11.1. The van der Waals surface area contributed by atoms with Crippen LogP contribution < -0.4 is 0 Å². The number of aromatic nitrogens is 1. The SMILES string of the molecule is CCOC(=O)C1(c2ccccc2)c2c(n(C)c3ccccc23)CCC1(O)c1ccccc1. The van der Waals surface area contributed by atoms with E-state index in [0.29, 0.717) is 12.8 Å². The van der Waals surface area contributed by atoms with Gasteiger partial charge in [-0.15, -0.1) is 0 Å². The van der Waals surface area contributed by atoms with E-state index in [9.17, 15) is 9.90 Å². The predicted molar refractivity (Wildman–Crippen MR) is 125 cm³/mol. The van der Waals surface area contributed by atoms with Crippen LogP contribution in [0, 0.1) is 0 Å². The highest BCUT2D eigenvalue weighted by Gasteiger charge is 2.63. The third-order valence-electron chi connectivity index (χ3n) is 6.99. The van der Waals surface area contributed by atoms with Crippen LogP contribution in [0.15, 0.2) is 84.9 Å². The maximum Gasteiger partial charge on any atom is 0.324 e. The number of aryl methyl sites for hydroxylation is 1. The second-order valence-corrected chi connectivity index (χ2v) is 8.46. The lowest BCUT2D eigenvalue weighted by atomic mass is 9.55. The number of ether oxygens (including phenoxy) is 1. The lowest BCUT2D eigenvalue weighted by Crippen LogP contribution is -2.58. The standard InChI is InChI=1S/C28H27NO3/c1-3-32-26(30)28(21-14-8-5-9-15-21)25-22-16-10-11-17-23(22)29(2)24(25)18-19-27(28,31)20-12-6-4-7-13-20/h4-17,31H,3,18-19H2,1-2H3. The molecule has 1 N–H and O–H groups in total. The fraction of sp³-hybridized carbons (Fsp3) is 0.250. The van der Waals surface area contributed by atoms with Crippen molar-refractivity contribution in [2.24, 2.45) is 7.05 Å². The van der Waals surface area contributed by atoms with E-state index >= 15 is 0 Å². The number of benzene rings is 3. The van der Waals surface area contributed by atoms with Crippen LogP contribution in [0.1, 0.15) is 35.7 Å². The molecule has 0 radical (unpaired) electrons. The zero-order chi connectivity index (χ0) is 22.3. The number of carbonyl (C=O) groups excluding carboxylic acids is 1. The lowest BCUT2D eigenvalue weighted by molar-refractivity contribution is -0.162.